The monoisotopic (exact) mass is 402 g/mol. The first-order valence-corrected chi connectivity index (χ1v) is 10.0. The van der Waals surface area contributed by atoms with Gasteiger partial charge in [0.2, 0.25) is 0 Å². The van der Waals surface area contributed by atoms with Crippen LogP contribution in [0, 0.1) is 6.92 Å². The first-order chi connectivity index (χ1) is 14.6. The number of carbonyl (C=O) groups is 2. The van der Waals surface area contributed by atoms with Crippen LogP contribution in [0.5, 0.6) is 0 Å². The van der Waals surface area contributed by atoms with E-state index in [1.54, 1.807) is 30.5 Å². The van der Waals surface area contributed by atoms with E-state index in [1.165, 1.54) is 0 Å². The molecule has 154 valence electrons. The number of aromatic nitrogens is 1. The highest BCUT2D eigenvalue weighted by molar-refractivity contribution is 6.05. The highest BCUT2D eigenvalue weighted by Crippen LogP contribution is 2.18. The van der Waals surface area contributed by atoms with Crippen molar-refractivity contribution in [2.45, 2.75) is 19.8 Å². The van der Waals surface area contributed by atoms with E-state index in [1.807, 2.05) is 49.4 Å². The van der Waals surface area contributed by atoms with Crippen LogP contribution in [0.2, 0.25) is 0 Å². The zero-order valence-corrected chi connectivity index (χ0v) is 17.0. The molecule has 6 heteroatoms. The first-order valence-electron chi connectivity index (χ1n) is 10.0. The van der Waals surface area contributed by atoms with Crippen LogP contribution in [0.15, 0.2) is 72.9 Å². The highest BCUT2D eigenvalue weighted by atomic mass is 16.2. The summed E-state index contributed by atoms with van der Waals surface area (Å²) >= 11 is 0. The lowest BCUT2D eigenvalue weighted by molar-refractivity contribution is 0.0951. The van der Waals surface area contributed by atoms with E-state index in [2.05, 4.69) is 20.9 Å². The molecule has 0 aliphatic carbocycles. The fourth-order valence-corrected chi connectivity index (χ4v) is 2.92. The first kappa shape index (κ1) is 21.0. The molecule has 0 fully saturated rings. The maximum Gasteiger partial charge on any atom is 0.255 e. The third kappa shape index (κ3) is 6.17. The molecular formula is C24H26N4O2. The quantitative estimate of drug-likeness (QED) is 0.467. The molecule has 30 heavy (non-hydrogen) atoms. The largest absolute Gasteiger partial charge is 0.370 e. The van der Waals surface area contributed by atoms with Gasteiger partial charge >= 0.3 is 0 Å². The van der Waals surface area contributed by atoms with E-state index < -0.39 is 0 Å². The summed E-state index contributed by atoms with van der Waals surface area (Å²) in [5, 5.41) is 9.07. The van der Waals surface area contributed by atoms with Crippen molar-refractivity contribution in [1.82, 2.24) is 10.3 Å². The number of nitrogens with zero attached hydrogens (tertiary/aromatic N) is 1. The van der Waals surface area contributed by atoms with Crippen LogP contribution in [0.3, 0.4) is 0 Å². The van der Waals surface area contributed by atoms with Crippen molar-refractivity contribution in [3.63, 3.8) is 0 Å². The second-order valence-electron chi connectivity index (χ2n) is 6.95. The van der Waals surface area contributed by atoms with E-state index in [0.29, 0.717) is 23.4 Å². The average Bonchev–Trinajstić information content (AvgIpc) is 2.78. The van der Waals surface area contributed by atoms with Crippen molar-refractivity contribution in [2.24, 2.45) is 0 Å². The van der Waals surface area contributed by atoms with Crippen LogP contribution in [-0.4, -0.2) is 29.9 Å². The second kappa shape index (κ2) is 10.8. The Labute approximate surface area is 176 Å². The molecule has 0 radical (unpaired) electrons. The summed E-state index contributed by atoms with van der Waals surface area (Å²) in [4.78, 5) is 29.1. The van der Waals surface area contributed by atoms with Gasteiger partial charge in [0.15, 0.2) is 0 Å². The van der Waals surface area contributed by atoms with Gasteiger partial charge in [0.25, 0.3) is 11.8 Å². The molecule has 0 saturated carbocycles. The molecule has 3 rings (SSSR count). The summed E-state index contributed by atoms with van der Waals surface area (Å²) in [6, 6.07) is 20.1. The standard InChI is InChI=1S/C24H26N4O2/c1-18-12-13-20(17-21(18)28-24(30)19-9-3-2-4-10-19)23(29)27-16-8-7-15-26-22-11-5-6-14-25-22/h2-6,9-14,17H,7-8,15-16H2,1H3,(H,25,26)(H,27,29)(H,28,30). The van der Waals surface area contributed by atoms with Gasteiger partial charge in [0.1, 0.15) is 5.82 Å². The number of carbonyl (C=O) groups excluding carboxylic acids is 2. The Morgan fingerprint density at radius 2 is 1.60 bits per heavy atom. The summed E-state index contributed by atoms with van der Waals surface area (Å²) in [5.41, 5.74) is 2.63. The number of nitrogens with one attached hydrogen (secondary N) is 3. The van der Waals surface area contributed by atoms with Gasteiger partial charge in [-0.25, -0.2) is 4.98 Å². The molecule has 0 atom stereocenters. The smallest absolute Gasteiger partial charge is 0.255 e. The van der Waals surface area contributed by atoms with Crippen LogP contribution in [-0.2, 0) is 0 Å². The lowest BCUT2D eigenvalue weighted by atomic mass is 10.1. The minimum atomic E-state index is -0.198. The Morgan fingerprint density at radius 1 is 0.833 bits per heavy atom. The van der Waals surface area contributed by atoms with Crippen molar-refractivity contribution in [1.29, 1.82) is 0 Å². The van der Waals surface area contributed by atoms with Crippen molar-refractivity contribution >= 4 is 23.3 Å². The van der Waals surface area contributed by atoms with Crippen LogP contribution >= 0.6 is 0 Å². The third-order valence-corrected chi connectivity index (χ3v) is 4.64. The molecule has 0 aliphatic rings. The van der Waals surface area contributed by atoms with E-state index in [0.717, 1.165) is 30.8 Å². The van der Waals surface area contributed by atoms with Crippen LogP contribution < -0.4 is 16.0 Å². The third-order valence-electron chi connectivity index (χ3n) is 4.64. The zero-order chi connectivity index (χ0) is 21.2. The number of amides is 2. The van der Waals surface area contributed by atoms with E-state index in [4.69, 9.17) is 0 Å². The topological polar surface area (TPSA) is 83.1 Å². The molecule has 1 aromatic heterocycles. The van der Waals surface area contributed by atoms with Gasteiger partial charge < -0.3 is 16.0 Å². The molecule has 2 aromatic carbocycles. The van der Waals surface area contributed by atoms with E-state index >= 15 is 0 Å². The Kier molecular flexibility index (Phi) is 7.55. The molecule has 0 aliphatic heterocycles. The summed E-state index contributed by atoms with van der Waals surface area (Å²) in [6.45, 7) is 3.28. The summed E-state index contributed by atoms with van der Waals surface area (Å²) in [7, 11) is 0. The molecule has 2 amide bonds. The SMILES string of the molecule is Cc1ccc(C(=O)NCCCCNc2ccccn2)cc1NC(=O)c1ccccc1. The fourth-order valence-electron chi connectivity index (χ4n) is 2.92. The Balaban J connectivity index is 1.46. The number of aryl methyl sites for hydroxylation is 1. The number of anilines is 2. The number of hydrogen-bond acceptors (Lipinski definition) is 4. The number of rotatable bonds is 9. The van der Waals surface area contributed by atoms with Crippen LogP contribution in [0.25, 0.3) is 0 Å². The van der Waals surface area contributed by atoms with Gasteiger partial charge in [-0.1, -0.05) is 30.3 Å². The van der Waals surface area contributed by atoms with E-state index in [-0.39, 0.29) is 11.8 Å². The van der Waals surface area contributed by atoms with Crippen molar-refractivity contribution in [3.05, 3.63) is 89.6 Å². The van der Waals surface area contributed by atoms with Gasteiger partial charge in [0.05, 0.1) is 0 Å². The maximum atomic E-state index is 12.5. The molecular weight excluding hydrogens is 376 g/mol. The van der Waals surface area contributed by atoms with Gasteiger partial charge in [0, 0.05) is 36.1 Å². The summed E-state index contributed by atoms with van der Waals surface area (Å²) in [5.74, 6) is 0.505. The van der Waals surface area contributed by atoms with Crippen molar-refractivity contribution < 1.29 is 9.59 Å². The summed E-state index contributed by atoms with van der Waals surface area (Å²) in [6.07, 6.45) is 3.53. The van der Waals surface area contributed by atoms with Gasteiger partial charge in [-0.3, -0.25) is 9.59 Å². The molecule has 3 N–H and O–H groups in total. The number of unbranched alkanes of at least 4 members (excludes halogenated alkanes) is 1. The minimum Gasteiger partial charge on any atom is -0.370 e. The van der Waals surface area contributed by atoms with Crippen LogP contribution in [0.1, 0.15) is 39.1 Å². The average molecular weight is 402 g/mol. The molecule has 0 spiro atoms. The molecule has 3 aromatic rings. The van der Waals surface area contributed by atoms with Crippen LogP contribution in [0.4, 0.5) is 11.5 Å². The number of pyridine rings is 1. The lowest BCUT2D eigenvalue weighted by Crippen LogP contribution is -2.25. The second-order valence-corrected chi connectivity index (χ2v) is 6.95. The highest BCUT2D eigenvalue weighted by Gasteiger charge is 2.11. The van der Waals surface area contributed by atoms with Crippen molar-refractivity contribution in [3.8, 4) is 0 Å². The van der Waals surface area contributed by atoms with E-state index in [9.17, 15) is 9.59 Å². The number of benzene rings is 2. The molecule has 0 unspecified atom stereocenters. The van der Waals surface area contributed by atoms with Gasteiger partial charge in [-0.15, -0.1) is 0 Å². The Hall–Kier alpha value is -3.67. The minimum absolute atomic E-state index is 0.150. The lowest BCUT2D eigenvalue weighted by Gasteiger charge is -2.11. The predicted octanol–water partition coefficient (Wildman–Crippen LogP) is 4.26. The Morgan fingerprint density at radius 3 is 2.37 bits per heavy atom. The fraction of sp³-hybridized carbons (Fsp3) is 0.208. The Bertz CT molecular complexity index is 975. The molecule has 6 nitrogen and oxygen atoms in total. The predicted molar refractivity (Wildman–Crippen MR) is 120 cm³/mol. The molecule has 1 heterocycles. The summed E-state index contributed by atoms with van der Waals surface area (Å²) < 4.78 is 0. The normalized spacial score (nSPS) is 10.3. The molecule has 0 saturated heterocycles. The molecule has 0 bridgehead atoms. The van der Waals surface area contributed by atoms with Crippen molar-refractivity contribution in [2.75, 3.05) is 23.7 Å². The number of hydrogen-bond donors (Lipinski definition) is 3. The zero-order valence-electron chi connectivity index (χ0n) is 17.0. The van der Waals surface area contributed by atoms with Gasteiger partial charge in [-0.05, 0) is 61.7 Å². The maximum absolute atomic E-state index is 12.5. The van der Waals surface area contributed by atoms with Gasteiger partial charge in [-0.2, -0.15) is 0 Å².